The molecule has 0 heterocycles. The summed E-state index contributed by atoms with van der Waals surface area (Å²) in [6.45, 7) is 7.75. The maximum absolute atomic E-state index is 12.8. The van der Waals surface area contributed by atoms with E-state index in [0.717, 1.165) is 57.8 Å². The topological polar surface area (TPSA) is 61.8 Å². The van der Waals surface area contributed by atoms with Crippen LogP contribution < -0.4 is 0 Å². The molecule has 0 aliphatic carbocycles. The van der Waals surface area contributed by atoms with E-state index in [1.165, 1.54) is 161 Å². The molecule has 1 unspecified atom stereocenters. The van der Waals surface area contributed by atoms with Crippen LogP contribution in [0.3, 0.4) is 0 Å². The van der Waals surface area contributed by atoms with Gasteiger partial charge in [0, 0.05) is 19.4 Å². The number of hydrogen-bond acceptors (Lipinski definition) is 5. The second-order valence-corrected chi connectivity index (χ2v) is 16.4. The minimum Gasteiger partial charge on any atom is -0.462 e. The molecule has 0 bridgehead atoms. The van der Waals surface area contributed by atoms with E-state index in [2.05, 4.69) is 57.2 Å². The first-order valence-corrected chi connectivity index (χ1v) is 24.5. The molecule has 0 amide bonds. The van der Waals surface area contributed by atoms with Crippen molar-refractivity contribution >= 4 is 11.9 Å². The van der Waals surface area contributed by atoms with Crippen LogP contribution in [0.1, 0.15) is 252 Å². The summed E-state index contributed by atoms with van der Waals surface area (Å²) in [6.07, 6.45) is 55.7. The number of esters is 2. The van der Waals surface area contributed by atoms with Crippen molar-refractivity contribution in [3.63, 3.8) is 0 Å². The molecule has 56 heavy (non-hydrogen) atoms. The lowest BCUT2D eigenvalue weighted by Crippen LogP contribution is -2.30. The average molecular weight is 787 g/mol. The van der Waals surface area contributed by atoms with Gasteiger partial charge >= 0.3 is 11.9 Å². The summed E-state index contributed by atoms with van der Waals surface area (Å²) in [7, 11) is 0. The van der Waals surface area contributed by atoms with Crippen molar-refractivity contribution in [3.8, 4) is 0 Å². The number of ether oxygens (including phenoxy) is 3. The molecular formula is C51H94O5. The third-order valence-corrected chi connectivity index (χ3v) is 10.6. The Bertz CT molecular complexity index is 893. The average Bonchev–Trinajstić information content (AvgIpc) is 3.20. The molecule has 0 rings (SSSR count). The quantitative estimate of drug-likeness (QED) is 0.0349. The van der Waals surface area contributed by atoms with Crippen LogP contribution in [0.4, 0.5) is 0 Å². The van der Waals surface area contributed by atoms with Crippen LogP contribution in [-0.2, 0) is 23.8 Å². The highest BCUT2D eigenvalue weighted by Crippen LogP contribution is 2.15. The Kier molecular flexibility index (Phi) is 45.9. The van der Waals surface area contributed by atoms with Gasteiger partial charge in [-0.15, -0.1) is 0 Å². The van der Waals surface area contributed by atoms with Crippen LogP contribution in [0.25, 0.3) is 0 Å². The molecule has 0 aromatic rings. The second kappa shape index (κ2) is 47.5. The lowest BCUT2D eigenvalue weighted by Gasteiger charge is -2.18. The van der Waals surface area contributed by atoms with Crippen LogP contribution in [-0.4, -0.2) is 37.9 Å². The summed E-state index contributed by atoms with van der Waals surface area (Å²) in [5.41, 5.74) is 0. The van der Waals surface area contributed by atoms with Crippen molar-refractivity contribution < 1.29 is 23.8 Å². The van der Waals surface area contributed by atoms with Gasteiger partial charge in [-0.1, -0.05) is 205 Å². The predicted molar refractivity (Wildman–Crippen MR) is 242 cm³/mol. The second-order valence-electron chi connectivity index (χ2n) is 16.4. The van der Waals surface area contributed by atoms with Crippen LogP contribution in [0.2, 0.25) is 0 Å². The van der Waals surface area contributed by atoms with Crippen LogP contribution in [0.5, 0.6) is 0 Å². The molecule has 0 N–H and O–H groups in total. The van der Waals surface area contributed by atoms with E-state index in [-0.39, 0.29) is 25.2 Å². The van der Waals surface area contributed by atoms with E-state index < -0.39 is 6.10 Å². The van der Waals surface area contributed by atoms with Gasteiger partial charge in [-0.3, -0.25) is 9.59 Å². The zero-order valence-electron chi connectivity index (χ0n) is 37.7. The molecule has 0 aliphatic heterocycles. The fraction of sp³-hybridized carbons (Fsp3) is 0.843. The SMILES string of the molecule is CCC/C=C\C/C=C\CCCCCCCC(=O)OCC(COCCCCCCCC/C=C\CCCCCC)OC(=O)CCCCCCCCCCCCCCC. The summed E-state index contributed by atoms with van der Waals surface area (Å²) in [5.74, 6) is -0.407. The van der Waals surface area contributed by atoms with E-state index in [4.69, 9.17) is 14.2 Å². The summed E-state index contributed by atoms with van der Waals surface area (Å²) >= 11 is 0. The highest BCUT2D eigenvalue weighted by molar-refractivity contribution is 5.70. The van der Waals surface area contributed by atoms with E-state index >= 15 is 0 Å². The summed E-state index contributed by atoms with van der Waals surface area (Å²) in [5, 5.41) is 0. The van der Waals surface area contributed by atoms with Gasteiger partial charge in [0.2, 0.25) is 0 Å². The Morgan fingerprint density at radius 2 is 0.786 bits per heavy atom. The Morgan fingerprint density at radius 1 is 0.393 bits per heavy atom. The lowest BCUT2D eigenvalue weighted by molar-refractivity contribution is -0.163. The van der Waals surface area contributed by atoms with Gasteiger partial charge in [0.05, 0.1) is 6.61 Å². The van der Waals surface area contributed by atoms with Crippen molar-refractivity contribution in [2.24, 2.45) is 0 Å². The Balaban J connectivity index is 4.26. The minimum absolute atomic E-state index is 0.0797. The van der Waals surface area contributed by atoms with Crippen molar-refractivity contribution in [1.82, 2.24) is 0 Å². The van der Waals surface area contributed by atoms with Gasteiger partial charge in [-0.2, -0.15) is 0 Å². The van der Waals surface area contributed by atoms with Crippen LogP contribution in [0, 0.1) is 0 Å². The Hall–Kier alpha value is -1.88. The molecule has 0 aromatic carbocycles. The van der Waals surface area contributed by atoms with Gasteiger partial charge in [-0.25, -0.2) is 0 Å². The fourth-order valence-corrected chi connectivity index (χ4v) is 6.95. The molecule has 328 valence electrons. The monoisotopic (exact) mass is 787 g/mol. The van der Waals surface area contributed by atoms with Gasteiger partial charge in [0.15, 0.2) is 6.10 Å². The third-order valence-electron chi connectivity index (χ3n) is 10.6. The molecule has 5 heteroatoms. The van der Waals surface area contributed by atoms with Gasteiger partial charge < -0.3 is 14.2 Å². The first-order valence-electron chi connectivity index (χ1n) is 24.5. The Labute approximate surface area is 349 Å². The molecule has 0 fully saturated rings. The summed E-state index contributed by atoms with van der Waals surface area (Å²) in [6, 6.07) is 0. The van der Waals surface area contributed by atoms with E-state index in [0.29, 0.717) is 19.4 Å². The molecular weight excluding hydrogens is 693 g/mol. The third kappa shape index (κ3) is 44.8. The highest BCUT2D eigenvalue weighted by Gasteiger charge is 2.17. The molecule has 0 radical (unpaired) electrons. The van der Waals surface area contributed by atoms with Crippen molar-refractivity contribution in [2.75, 3.05) is 19.8 Å². The molecule has 0 saturated heterocycles. The first kappa shape index (κ1) is 54.1. The van der Waals surface area contributed by atoms with Crippen molar-refractivity contribution in [2.45, 2.75) is 258 Å². The number of carbonyl (C=O) groups excluding carboxylic acids is 2. The zero-order valence-corrected chi connectivity index (χ0v) is 37.7. The number of unbranched alkanes of at least 4 members (excludes halogenated alkanes) is 28. The largest absolute Gasteiger partial charge is 0.462 e. The highest BCUT2D eigenvalue weighted by atomic mass is 16.6. The van der Waals surface area contributed by atoms with E-state index in [9.17, 15) is 9.59 Å². The lowest BCUT2D eigenvalue weighted by atomic mass is 10.0. The maximum atomic E-state index is 12.8. The minimum atomic E-state index is -0.539. The predicted octanol–water partition coefficient (Wildman–Crippen LogP) is 16.2. The standard InChI is InChI=1S/C51H94O5/c1-4-7-10-13-16-19-22-25-28-31-34-37-40-43-46-54-47-49(56-51(53)45-42-39-36-33-30-27-24-21-18-15-12-9-6-3)48-55-50(52)44-41-38-35-32-29-26-23-20-17-14-11-8-5-2/h11,14,19-20,22-23,49H,4-10,12-13,15-18,21,24-48H2,1-3H3/b14-11-,22-19-,23-20-. The number of hydrogen-bond donors (Lipinski definition) is 0. The summed E-state index contributed by atoms with van der Waals surface area (Å²) < 4.78 is 17.4. The normalized spacial score (nSPS) is 12.4. The maximum Gasteiger partial charge on any atom is 0.306 e. The molecule has 5 nitrogen and oxygen atoms in total. The van der Waals surface area contributed by atoms with Crippen molar-refractivity contribution in [3.05, 3.63) is 36.5 Å². The van der Waals surface area contributed by atoms with E-state index in [1.807, 2.05) is 0 Å². The van der Waals surface area contributed by atoms with Gasteiger partial charge in [0.1, 0.15) is 6.61 Å². The van der Waals surface area contributed by atoms with E-state index in [1.54, 1.807) is 0 Å². The fourth-order valence-electron chi connectivity index (χ4n) is 6.95. The molecule has 0 aliphatic rings. The number of carbonyl (C=O) groups is 2. The molecule has 0 saturated carbocycles. The Morgan fingerprint density at radius 3 is 1.29 bits per heavy atom. The van der Waals surface area contributed by atoms with Gasteiger partial charge in [-0.05, 0) is 70.6 Å². The zero-order chi connectivity index (χ0) is 40.7. The first-order chi connectivity index (χ1) is 27.6. The number of rotatable bonds is 45. The molecule has 0 aromatic heterocycles. The summed E-state index contributed by atoms with van der Waals surface area (Å²) in [4.78, 5) is 25.3. The smallest absolute Gasteiger partial charge is 0.306 e. The van der Waals surface area contributed by atoms with Crippen molar-refractivity contribution in [1.29, 1.82) is 0 Å². The van der Waals surface area contributed by atoms with Gasteiger partial charge in [0.25, 0.3) is 0 Å². The van der Waals surface area contributed by atoms with Crippen LogP contribution in [0.15, 0.2) is 36.5 Å². The number of allylic oxidation sites excluding steroid dienone is 6. The molecule has 0 spiro atoms. The molecule has 1 atom stereocenters. The van der Waals surface area contributed by atoms with Crippen LogP contribution >= 0.6 is 0 Å².